The first kappa shape index (κ1) is 12.5. The van der Waals surface area contributed by atoms with Crippen molar-refractivity contribution >= 4 is 11.5 Å². The lowest BCUT2D eigenvalue weighted by Gasteiger charge is -2.24. The Morgan fingerprint density at radius 1 is 1.32 bits per heavy atom. The zero-order chi connectivity index (χ0) is 13.6. The molecule has 1 aromatic rings. The van der Waals surface area contributed by atoms with Gasteiger partial charge >= 0.3 is 0 Å². The number of nitrogen functional groups attached to an aromatic ring is 1. The highest BCUT2D eigenvalue weighted by molar-refractivity contribution is 6.01. The van der Waals surface area contributed by atoms with E-state index in [4.69, 9.17) is 11.1 Å². The quantitative estimate of drug-likeness (QED) is 0.631. The molecular weight excluding hydrogens is 236 g/mol. The molecule has 1 aliphatic heterocycles. The number of aromatic nitrogens is 1. The van der Waals surface area contributed by atoms with Crippen LogP contribution >= 0.6 is 0 Å². The van der Waals surface area contributed by atoms with Gasteiger partial charge in [0, 0.05) is 18.8 Å². The standard InChI is InChI=1S/C15H22N4/c1-9-6-13(14(15(16)17)10(2)18-9)19-7-11-4-3-5-12(11)8-19/h6,11-12H,3-5,7-8H2,1-2H3,(H3,16,17). The van der Waals surface area contributed by atoms with Crippen molar-refractivity contribution in [3.63, 3.8) is 0 Å². The molecule has 3 rings (SSSR count). The Balaban J connectivity index is 1.98. The largest absolute Gasteiger partial charge is 0.384 e. The average Bonchev–Trinajstić information content (AvgIpc) is 2.86. The molecule has 2 aliphatic rings. The Hall–Kier alpha value is -1.58. The summed E-state index contributed by atoms with van der Waals surface area (Å²) in [6.07, 6.45) is 4.11. The molecule has 4 nitrogen and oxygen atoms in total. The first-order chi connectivity index (χ1) is 9.06. The van der Waals surface area contributed by atoms with Crippen LogP contribution < -0.4 is 10.6 Å². The van der Waals surface area contributed by atoms with Gasteiger partial charge in [-0.3, -0.25) is 10.4 Å². The van der Waals surface area contributed by atoms with E-state index in [1.807, 2.05) is 13.8 Å². The molecule has 3 N–H and O–H groups in total. The SMILES string of the molecule is Cc1cc(N2CC3CCCC3C2)c(C(=N)N)c(C)n1. The maximum absolute atomic E-state index is 7.82. The number of anilines is 1. The van der Waals surface area contributed by atoms with Crippen LogP contribution in [0.5, 0.6) is 0 Å². The summed E-state index contributed by atoms with van der Waals surface area (Å²) in [6.45, 7) is 6.20. The lowest BCUT2D eigenvalue weighted by Crippen LogP contribution is -2.26. The molecule has 1 saturated heterocycles. The zero-order valence-electron chi connectivity index (χ0n) is 11.7. The van der Waals surface area contributed by atoms with Gasteiger partial charge in [0.2, 0.25) is 0 Å². The maximum Gasteiger partial charge on any atom is 0.126 e. The van der Waals surface area contributed by atoms with E-state index in [1.165, 1.54) is 19.3 Å². The van der Waals surface area contributed by atoms with Crippen LogP contribution in [0.2, 0.25) is 0 Å². The van der Waals surface area contributed by atoms with Crippen molar-refractivity contribution in [3.8, 4) is 0 Å². The van der Waals surface area contributed by atoms with Gasteiger partial charge < -0.3 is 10.6 Å². The second-order valence-electron chi connectivity index (χ2n) is 6.01. The minimum atomic E-state index is 0.136. The van der Waals surface area contributed by atoms with Crippen molar-refractivity contribution < 1.29 is 0 Å². The fourth-order valence-electron chi connectivity index (χ4n) is 3.82. The topological polar surface area (TPSA) is 66.0 Å². The molecule has 1 aliphatic carbocycles. The van der Waals surface area contributed by atoms with Gasteiger partial charge in [0.15, 0.2) is 0 Å². The van der Waals surface area contributed by atoms with E-state index >= 15 is 0 Å². The van der Waals surface area contributed by atoms with Crippen molar-refractivity contribution in [2.75, 3.05) is 18.0 Å². The number of nitrogens with two attached hydrogens (primary N) is 1. The fourth-order valence-corrected chi connectivity index (χ4v) is 3.82. The van der Waals surface area contributed by atoms with Gasteiger partial charge in [0.1, 0.15) is 5.84 Å². The Labute approximate surface area is 114 Å². The van der Waals surface area contributed by atoms with E-state index in [0.717, 1.165) is 47.6 Å². The summed E-state index contributed by atoms with van der Waals surface area (Å²) in [4.78, 5) is 6.88. The number of hydrogen-bond acceptors (Lipinski definition) is 3. The van der Waals surface area contributed by atoms with Crippen molar-refractivity contribution in [2.45, 2.75) is 33.1 Å². The molecule has 0 radical (unpaired) electrons. The van der Waals surface area contributed by atoms with E-state index in [1.54, 1.807) is 0 Å². The second kappa shape index (κ2) is 4.51. The number of pyridine rings is 1. The molecule has 1 aromatic heterocycles. The number of hydrogen-bond donors (Lipinski definition) is 2. The molecule has 102 valence electrons. The van der Waals surface area contributed by atoms with E-state index in [-0.39, 0.29) is 5.84 Å². The summed E-state index contributed by atoms with van der Waals surface area (Å²) in [7, 11) is 0. The highest BCUT2D eigenvalue weighted by atomic mass is 15.2. The van der Waals surface area contributed by atoms with Crippen LogP contribution in [0.4, 0.5) is 5.69 Å². The van der Waals surface area contributed by atoms with E-state index in [0.29, 0.717) is 0 Å². The molecule has 0 aromatic carbocycles. The third-order valence-electron chi connectivity index (χ3n) is 4.64. The minimum Gasteiger partial charge on any atom is -0.384 e. The number of nitrogens with one attached hydrogen (secondary N) is 1. The van der Waals surface area contributed by atoms with Crippen molar-refractivity contribution in [2.24, 2.45) is 17.6 Å². The van der Waals surface area contributed by atoms with Gasteiger partial charge in [-0.1, -0.05) is 6.42 Å². The Morgan fingerprint density at radius 2 is 1.95 bits per heavy atom. The van der Waals surface area contributed by atoms with Crippen molar-refractivity contribution in [1.29, 1.82) is 5.41 Å². The molecule has 4 heteroatoms. The third-order valence-corrected chi connectivity index (χ3v) is 4.64. The monoisotopic (exact) mass is 258 g/mol. The first-order valence-corrected chi connectivity index (χ1v) is 7.14. The Bertz CT molecular complexity index is 511. The van der Waals surface area contributed by atoms with Crippen molar-refractivity contribution in [3.05, 3.63) is 23.0 Å². The molecule has 1 saturated carbocycles. The van der Waals surface area contributed by atoms with Gasteiger partial charge in [0.05, 0.1) is 16.9 Å². The lowest BCUT2D eigenvalue weighted by molar-refractivity contribution is 0.494. The molecule has 0 amide bonds. The Morgan fingerprint density at radius 3 is 2.53 bits per heavy atom. The molecule has 2 heterocycles. The molecule has 2 atom stereocenters. The van der Waals surface area contributed by atoms with Crippen LogP contribution in [-0.2, 0) is 0 Å². The molecule has 2 unspecified atom stereocenters. The predicted octanol–water partition coefficient (Wildman–Crippen LogP) is 2.22. The highest BCUT2D eigenvalue weighted by Gasteiger charge is 2.37. The lowest BCUT2D eigenvalue weighted by atomic mass is 10.0. The summed E-state index contributed by atoms with van der Waals surface area (Å²) in [6, 6.07) is 2.09. The van der Waals surface area contributed by atoms with Crippen LogP contribution in [0.1, 0.15) is 36.2 Å². The van der Waals surface area contributed by atoms with Crippen LogP contribution in [-0.4, -0.2) is 23.9 Å². The highest BCUT2D eigenvalue weighted by Crippen LogP contribution is 2.40. The number of aryl methyl sites for hydroxylation is 2. The second-order valence-corrected chi connectivity index (χ2v) is 6.01. The normalized spacial score (nSPS) is 25.7. The van der Waals surface area contributed by atoms with Crippen molar-refractivity contribution in [1.82, 2.24) is 4.98 Å². The van der Waals surface area contributed by atoms with E-state index in [2.05, 4.69) is 16.0 Å². The average molecular weight is 258 g/mol. The summed E-state index contributed by atoms with van der Waals surface area (Å²) < 4.78 is 0. The summed E-state index contributed by atoms with van der Waals surface area (Å²) >= 11 is 0. The molecule has 0 bridgehead atoms. The Kier molecular flexibility index (Phi) is 2.96. The van der Waals surface area contributed by atoms with Gasteiger partial charge in [-0.05, 0) is 44.6 Å². The number of fused-ring (bicyclic) bond motifs is 1. The van der Waals surface area contributed by atoms with E-state index < -0.39 is 0 Å². The molecule has 0 spiro atoms. The van der Waals surface area contributed by atoms with Crippen LogP contribution in [0.25, 0.3) is 0 Å². The number of rotatable bonds is 2. The van der Waals surface area contributed by atoms with Gasteiger partial charge in [0.25, 0.3) is 0 Å². The minimum absolute atomic E-state index is 0.136. The smallest absolute Gasteiger partial charge is 0.126 e. The zero-order valence-corrected chi connectivity index (χ0v) is 11.7. The third kappa shape index (κ3) is 2.09. The molecule has 19 heavy (non-hydrogen) atoms. The summed E-state index contributed by atoms with van der Waals surface area (Å²) in [5.41, 5.74) is 9.59. The number of nitrogens with zero attached hydrogens (tertiary/aromatic N) is 2. The maximum atomic E-state index is 7.82. The van der Waals surface area contributed by atoms with Crippen LogP contribution in [0.15, 0.2) is 6.07 Å². The fraction of sp³-hybridized carbons (Fsp3) is 0.600. The first-order valence-electron chi connectivity index (χ1n) is 7.14. The van der Waals surface area contributed by atoms with Crippen LogP contribution in [0, 0.1) is 31.1 Å². The number of amidine groups is 1. The van der Waals surface area contributed by atoms with Gasteiger partial charge in [-0.15, -0.1) is 0 Å². The molecular formula is C15H22N4. The summed E-state index contributed by atoms with van der Waals surface area (Å²) in [5.74, 6) is 1.82. The van der Waals surface area contributed by atoms with Gasteiger partial charge in [-0.2, -0.15) is 0 Å². The van der Waals surface area contributed by atoms with E-state index in [9.17, 15) is 0 Å². The van der Waals surface area contributed by atoms with Gasteiger partial charge in [-0.25, -0.2) is 0 Å². The summed E-state index contributed by atoms with van der Waals surface area (Å²) in [5, 5.41) is 7.82. The predicted molar refractivity (Wildman–Crippen MR) is 77.8 cm³/mol. The molecule has 2 fully saturated rings. The van der Waals surface area contributed by atoms with Crippen LogP contribution in [0.3, 0.4) is 0 Å².